The van der Waals surface area contributed by atoms with E-state index in [0.717, 1.165) is 11.1 Å². The number of carbonyl (C=O) groups is 2. The summed E-state index contributed by atoms with van der Waals surface area (Å²) in [5.74, 6) is -0.150. The summed E-state index contributed by atoms with van der Waals surface area (Å²) in [4.78, 5) is 23.5. The van der Waals surface area contributed by atoms with Gasteiger partial charge < -0.3 is 19.1 Å². The summed E-state index contributed by atoms with van der Waals surface area (Å²) in [6.45, 7) is 2.14. The van der Waals surface area contributed by atoms with Crippen LogP contribution in [0.4, 0.5) is 10.5 Å². The van der Waals surface area contributed by atoms with Gasteiger partial charge in [0.25, 0.3) is 0 Å². The zero-order valence-corrected chi connectivity index (χ0v) is 20.1. The average molecular weight is 507 g/mol. The molecule has 1 heterocycles. The van der Waals surface area contributed by atoms with Crippen molar-refractivity contribution in [2.75, 3.05) is 11.9 Å². The lowest BCUT2D eigenvalue weighted by Crippen LogP contribution is -2.16. The number of carboxylic acid groups (broad SMARTS) is 1. The van der Waals surface area contributed by atoms with Crippen molar-refractivity contribution in [2.45, 2.75) is 20.0 Å². The number of aryl methyl sites for hydroxylation is 1. The maximum absolute atomic E-state index is 12.4. The SMILES string of the molecule is Cc1noc(-c2ccc(COc3cccc(C(=O)O)c3)cc2)c1NC(=O)OCCc1ccccc1Cl. The monoisotopic (exact) mass is 506 g/mol. The predicted octanol–water partition coefficient (Wildman–Crippen LogP) is 6.37. The third-order valence-corrected chi connectivity index (χ3v) is 5.72. The fourth-order valence-corrected chi connectivity index (χ4v) is 3.68. The lowest BCUT2D eigenvalue weighted by Gasteiger charge is -2.09. The number of nitrogens with one attached hydrogen (secondary N) is 1. The van der Waals surface area contributed by atoms with Crippen LogP contribution in [0.15, 0.2) is 77.3 Å². The Morgan fingerprint density at radius 1 is 1.06 bits per heavy atom. The third kappa shape index (κ3) is 6.22. The number of ether oxygens (including phenoxy) is 2. The van der Waals surface area contributed by atoms with Crippen LogP contribution in [0, 0.1) is 6.92 Å². The third-order valence-electron chi connectivity index (χ3n) is 5.35. The maximum Gasteiger partial charge on any atom is 0.411 e. The van der Waals surface area contributed by atoms with Crippen molar-refractivity contribution in [1.29, 1.82) is 0 Å². The van der Waals surface area contributed by atoms with Gasteiger partial charge in [-0.1, -0.05) is 65.3 Å². The average Bonchev–Trinajstić information content (AvgIpc) is 3.24. The van der Waals surface area contributed by atoms with Crippen LogP contribution in [0.2, 0.25) is 5.02 Å². The first-order valence-electron chi connectivity index (χ1n) is 11.1. The molecule has 0 fully saturated rings. The summed E-state index contributed by atoms with van der Waals surface area (Å²) < 4.78 is 16.5. The van der Waals surface area contributed by atoms with Gasteiger partial charge in [-0.2, -0.15) is 0 Å². The quantitative estimate of drug-likeness (QED) is 0.271. The number of carbonyl (C=O) groups excluding carboxylic acids is 1. The van der Waals surface area contributed by atoms with Gasteiger partial charge in [0, 0.05) is 17.0 Å². The molecule has 0 aliphatic carbocycles. The van der Waals surface area contributed by atoms with Gasteiger partial charge in [0.1, 0.15) is 23.7 Å². The van der Waals surface area contributed by atoms with Crippen molar-refractivity contribution in [3.05, 3.63) is 100 Å². The molecule has 4 aromatic rings. The molecule has 3 aromatic carbocycles. The molecule has 36 heavy (non-hydrogen) atoms. The summed E-state index contributed by atoms with van der Waals surface area (Å²) in [6, 6.07) is 21.0. The highest BCUT2D eigenvalue weighted by atomic mass is 35.5. The Kier molecular flexibility index (Phi) is 7.87. The van der Waals surface area contributed by atoms with Crippen LogP contribution in [0.1, 0.15) is 27.2 Å². The Hall–Kier alpha value is -4.30. The van der Waals surface area contributed by atoms with Crippen molar-refractivity contribution >= 4 is 29.4 Å². The van der Waals surface area contributed by atoms with Crippen LogP contribution in [0.3, 0.4) is 0 Å². The summed E-state index contributed by atoms with van der Waals surface area (Å²) in [5, 5.41) is 16.4. The summed E-state index contributed by atoms with van der Waals surface area (Å²) >= 11 is 6.14. The highest BCUT2D eigenvalue weighted by Crippen LogP contribution is 2.31. The summed E-state index contributed by atoms with van der Waals surface area (Å²) in [7, 11) is 0. The highest BCUT2D eigenvalue weighted by Gasteiger charge is 2.18. The largest absolute Gasteiger partial charge is 0.489 e. The molecular formula is C27H23ClN2O6. The summed E-state index contributed by atoms with van der Waals surface area (Å²) in [6.07, 6.45) is -0.129. The van der Waals surface area contributed by atoms with Crippen molar-refractivity contribution in [2.24, 2.45) is 0 Å². The number of anilines is 1. The van der Waals surface area contributed by atoms with Gasteiger partial charge in [0.05, 0.1) is 12.2 Å². The van der Waals surface area contributed by atoms with E-state index in [4.69, 9.17) is 30.7 Å². The smallest absolute Gasteiger partial charge is 0.411 e. The zero-order chi connectivity index (χ0) is 25.5. The number of amides is 1. The molecule has 0 aliphatic heterocycles. The van der Waals surface area contributed by atoms with Crippen LogP contribution in [-0.4, -0.2) is 28.9 Å². The molecule has 184 valence electrons. The molecule has 0 bridgehead atoms. The molecule has 1 amide bonds. The van der Waals surface area contributed by atoms with Gasteiger partial charge in [-0.3, -0.25) is 5.32 Å². The van der Waals surface area contributed by atoms with Gasteiger partial charge in [-0.25, -0.2) is 9.59 Å². The molecule has 0 saturated carbocycles. The van der Waals surface area contributed by atoms with Crippen LogP contribution in [0.5, 0.6) is 5.75 Å². The number of halogens is 1. The predicted molar refractivity (Wildman–Crippen MR) is 135 cm³/mol. The Labute approximate surface area is 212 Å². The van der Waals surface area contributed by atoms with E-state index in [-0.39, 0.29) is 18.8 Å². The van der Waals surface area contributed by atoms with Gasteiger partial charge in [-0.05, 0) is 42.3 Å². The second-order valence-corrected chi connectivity index (χ2v) is 8.30. The number of hydrogen-bond acceptors (Lipinski definition) is 6. The molecule has 2 N–H and O–H groups in total. The number of rotatable bonds is 9. The number of hydrogen-bond donors (Lipinski definition) is 2. The second-order valence-electron chi connectivity index (χ2n) is 7.89. The van der Waals surface area contributed by atoms with Crippen molar-refractivity contribution in [3.8, 4) is 17.1 Å². The van der Waals surface area contributed by atoms with Gasteiger partial charge in [0.15, 0.2) is 5.76 Å². The molecule has 0 spiro atoms. The molecule has 0 atom stereocenters. The first kappa shape index (κ1) is 24.8. The van der Waals surface area contributed by atoms with E-state index in [1.807, 2.05) is 42.5 Å². The Bertz CT molecular complexity index is 1370. The van der Waals surface area contributed by atoms with Crippen molar-refractivity contribution in [1.82, 2.24) is 5.16 Å². The molecule has 9 heteroatoms. The second kappa shape index (κ2) is 11.4. The number of nitrogens with zero attached hydrogens (tertiary/aromatic N) is 1. The van der Waals surface area contributed by atoms with Crippen LogP contribution in [-0.2, 0) is 17.8 Å². The van der Waals surface area contributed by atoms with E-state index in [9.17, 15) is 9.59 Å². The standard InChI is InChI=1S/C27H23ClN2O6/c1-17-24(29-27(33)34-14-13-19-5-2-3-8-23(19)28)25(36-30-17)20-11-9-18(10-12-20)16-35-22-7-4-6-21(15-22)26(31)32/h2-12,15H,13-14,16H2,1H3,(H,29,33)(H,31,32). The lowest BCUT2D eigenvalue weighted by molar-refractivity contribution is 0.0696. The molecule has 0 aliphatic rings. The zero-order valence-electron chi connectivity index (χ0n) is 19.4. The minimum Gasteiger partial charge on any atom is -0.489 e. The molecule has 8 nitrogen and oxygen atoms in total. The molecule has 0 radical (unpaired) electrons. The fourth-order valence-electron chi connectivity index (χ4n) is 3.44. The number of benzene rings is 3. The minimum atomic E-state index is -1.01. The Morgan fingerprint density at radius 3 is 2.58 bits per heavy atom. The molecule has 0 saturated heterocycles. The fraction of sp³-hybridized carbons (Fsp3) is 0.148. The molecular weight excluding hydrogens is 484 g/mol. The first-order valence-corrected chi connectivity index (χ1v) is 11.5. The van der Waals surface area contributed by atoms with Gasteiger partial charge in [0.2, 0.25) is 0 Å². The van der Waals surface area contributed by atoms with E-state index >= 15 is 0 Å². The van der Waals surface area contributed by atoms with E-state index < -0.39 is 12.1 Å². The van der Waals surface area contributed by atoms with Crippen LogP contribution >= 0.6 is 11.6 Å². The molecule has 1 aromatic heterocycles. The van der Waals surface area contributed by atoms with Crippen LogP contribution in [0.25, 0.3) is 11.3 Å². The number of aromatic nitrogens is 1. The molecule has 4 rings (SSSR count). The topological polar surface area (TPSA) is 111 Å². The van der Waals surface area contributed by atoms with E-state index in [1.165, 1.54) is 12.1 Å². The lowest BCUT2D eigenvalue weighted by atomic mass is 10.1. The Morgan fingerprint density at radius 2 is 1.83 bits per heavy atom. The Balaban J connectivity index is 1.36. The van der Waals surface area contributed by atoms with E-state index in [2.05, 4.69) is 10.5 Å². The van der Waals surface area contributed by atoms with Crippen molar-refractivity contribution < 1.29 is 28.7 Å². The first-order chi connectivity index (χ1) is 17.4. The van der Waals surface area contributed by atoms with E-state index in [0.29, 0.717) is 39.9 Å². The highest BCUT2D eigenvalue weighted by molar-refractivity contribution is 6.31. The van der Waals surface area contributed by atoms with Crippen LogP contribution < -0.4 is 10.1 Å². The van der Waals surface area contributed by atoms with Crippen molar-refractivity contribution in [3.63, 3.8) is 0 Å². The number of carboxylic acids is 1. The normalized spacial score (nSPS) is 10.6. The summed E-state index contributed by atoms with van der Waals surface area (Å²) in [5.41, 5.74) is 3.56. The van der Waals surface area contributed by atoms with Gasteiger partial charge in [-0.15, -0.1) is 0 Å². The maximum atomic E-state index is 12.4. The number of aromatic carboxylic acids is 1. The van der Waals surface area contributed by atoms with E-state index in [1.54, 1.807) is 25.1 Å². The minimum absolute atomic E-state index is 0.158. The van der Waals surface area contributed by atoms with Gasteiger partial charge >= 0.3 is 12.1 Å². The molecule has 0 unspecified atom stereocenters.